The number of rotatable bonds is 7. The highest BCUT2D eigenvalue weighted by Gasteiger charge is 2.17. The Kier molecular flexibility index (Phi) is 32.6. The topological polar surface area (TPSA) is 32.7 Å². The Hall–Kier alpha value is -2.94. The van der Waals surface area contributed by atoms with Crippen molar-refractivity contribution in [1.29, 1.82) is 0 Å². The Balaban J connectivity index is -0.000000593. The molecule has 0 unspecified atom stereocenters. The molecule has 0 radical (unpaired) electrons. The first-order chi connectivity index (χ1) is 22.3. The first-order valence-electron chi connectivity index (χ1n) is 18.6. The average molecular weight is 649 g/mol. The van der Waals surface area contributed by atoms with Gasteiger partial charge in [-0.05, 0) is 82.2 Å². The molecule has 2 aromatic rings. The molecule has 3 rings (SSSR count). The number of carbonyl (C=O) groups is 1. The first-order valence-corrected chi connectivity index (χ1v) is 18.6. The van der Waals surface area contributed by atoms with Crippen LogP contribution in [0.4, 0.5) is 0 Å². The molecule has 0 spiro atoms. The summed E-state index contributed by atoms with van der Waals surface area (Å²) in [4.78, 5) is 18.4. The molecule has 1 aliphatic carbocycles. The van der Waals surface area contributed by atoms with Gasteiger partial charge in [-0.1, -0.05) is 162 Å². The second-order valence-corrected chi connectivity index (χ2v) is 12.6. The van der Waals surface area contributed by atoms with Gasteiger partial charge in [0.05, 0.1) is 11.9 Å². The Morgan fingerprint density at radius 3 is 1.70 bits per heavy atom. The molecule has 0 saturated heterocycles. The van der Waals surface area contributed by atoms with Crippen molar-refractivity contribution >= 4 is 11.6 Å². The predicted molar refractivity (Wildman–Crippen MR) is 215 cm³/mol. The van der Waals surface area contributed by atoms with Gasteiger partial charge in [-0.3, -0.25) is 9.79 Å². The Morgan fingerprint density at radius 2 is 1.34 bits per heavy atom. The van der Waals surface area contributed by atoms with Crippen LogP contribution in [-0.2, 0) is 6.42 Å². The fourth-order valence-electron chi connectivity index (χ4n) is 4.26. The molecule has 3 heteroatoms. The van der Waals surface area contributed by atoms with Crippen molar-refractivity contribution in [2.75, 3.05) is 7.05 Å². The lowest BCUT2D eigenvalue weighted by Gasteiger charge is -2.21. The molecule has 0 N–H and O–H groups in total. The first kappa shape index (κ1) is 48.5. The largest absolute Gasteiger partial charge is 0.310 e. The quantitative estimate of drug-likeness (QED) is 0.217. The lowest BCUT2D eigenvalue weighted by molar-refractivity contribution is 0.0838. The zero-order chi connectivity index (χ0) is 36.8. The lowest BCUT2D eigenvalue weighted by atomic mass is 9.91. The van der Waals surface area contributed by atoms with E-state index in [9.17, 15) is 4.79 Å². The third-order valence-electron chi connectivity index (χ3n) is 7.70. The molecule has 0 aromatic heterocycles. The molecule has 0 atom stereocenters. The van der Waals surface area contributed by atoms with Gasteiger partial charge in [-0.15, -0.1) is 0 Å². The minimum Gasteiger partial charge on any atom is -0.310 e. The maximum absolute atomic E-state index is 12.6. The highest BCUT2D eigenvalue weighted by molar-refractivity contribution is 5.97. The highest BCUT2D eigenvalue weighted by Crippen LogP contribution is 2.22. The van der Waals surface area contributed by atoms with Crippen LogP contribution in [0, 0.1) is 26.7 Å². The van der Waals surface area contributed by atoms with Crippen LogP contribution < -0.4 is 0 Å². The number of aliphatic imine (C=N–C) groups is 1. The van der Waals surface area contributed by atoms with Crippen LogP contribution in [0.1, 0.15) is 167 Å². The number of hydrogen-bond donors (Lipinski definition) is 0. The van der Waals surface area contributed by atoms with Crippen LogP contribution in [0.2, 0.25) is 0 Å². The number of carbonyl (C=O) groups excluding carboxylic acids is 1. The summed E-state index contributed by atoms with van der Waals surface area (Å²) in [5, 5.41) is 0. The minimum absolute atomic E-state index is 0.0543. The van der Waals surface area contributed by atoms with E-state index in [0.29, 0.717) is 5.56 Å². The Labute approximate surface area is 294 Å². The van der Waals surface area contributed by atoms with Crippen LogP contribution in [0.5, 0.6) is 0 Å². The van der Waals surface area contributed by atoms with Crippen molar-refractivity contribution in [2.45, 2.75) is 161 Å². The molecule has 0 heterocycles. The summed E-state index contributed by atoms with van der Waals surface area (Å²) < 4.78 is 0. The molecular weight excluding hydrogens is 572 g/mol. The Morgan fingerprint density at radius 1 is 0.830 bits per heavy atom. The summed E-state index contributed by atoms with van der Waals surface area (Å²) in [7, 11) is 1.75. The number of amides is 1. The van der Waals surface area contributed by atoms with Crippen LogP contribution >= 0.6 is 0 Å². The van der Waals surface area contributed by atoms with Crippen LogP contribution in [0.15, 0.2) is 71.5 Å². The lowest BCUT2D eigenvalue weighted by Crippen LogP contribution is -2.27. The monoisotopic (exact) mass is 649 g/mol. The summed E-state index contributed by atoms with van der Waals surface area (Å²) >= 11 is 0. The van der Waals surface area contributed by atoms with Gasteiger partial charge in [-0.25, -0.2) is 0 Å². The molecule has 1 saturated carbocycles. The molecule has 0 bridgehead atoms. The number of nitrogens with zero attached hydrogens (tertiary/aromatic N) is 2. The van der Waals surface area contributed by atoms with Gasteiger partial charge < -0.3 is 4.90 Å². The fraction of sp³-hybridized carbons (Fsp3) is 0.591. The van der Waals surface area contributed by atoms with Crippen molar-refractivity contribution in [3.8, 4) is 0 Å². The molecule has 47 heavy (non-hydrogen) atoms. The number of likely N-dealkylation sites (N-methyl/N-ethyl adjacent to an activating group) is 1. The zero-order valence-electron chi connectivity index (χ0n) is 33.8. The summed E-state index contributed by atoms with van der Waals surface area (Å²) in [5.74, 6) is 0.982. The summed E-state index contributed by atoms with van der Waals surface area (Å²) in [6.07, 6.45) is 15.5. The van der Waals surface area contributed by atoms with Gasteiger partial charge in [0.2, 0.25) is 0 Å². The Bertz CT molecular complexity index is 1120. The second kappa shape index (κ2) is 31.6. The number of hydrogen-bond acceptors (Lipinski definition) is 2. The van der Waals surface area contributed by atoms with Crippen LogP contribution in [0.25, 0.3) is 0 Å². The molecule has 1 fully saturated rings. The van der Waals surface area contributed by atoms with E-state index in [1.807, 2.05) is 65.8 Å². The van der Waals surface area contributed by atoms with E-state index in [0.717, 1.165) is 34.9 Å². The van der Waals surface area contributed by atoms with Crippen LogP contribution in [-0.4, -0.2) is 23.6 Å². The number of benzene rings is 2. The second-order valence-electron chi connectivity index (χ2n) is 12.6. The average Bonchev–Trinajstić information content (AvgIpc) is 3.07. The third-order valence-corrected chi connectivity index (χ3v) is 7.70. The summed E-state index contributed by atoms with van der Waals surface area (Å²) in [6.45, 7) is 33.1. The van der Waals surface area contributed by atoms with Crippen molar-refractivity contribution in [1.82, 2.24) is 4.90 Å². The van der Waals surface area contributed by atoms with Crippen molar-refractivity contribution in [3.63, 3.8) is 0 Å². The van der Waals surface area contributed by atoms with Gasteiger partial charge in [0, 0.05) is 18.3 Å². The maximum Gasteiger partial charge on any atom is 0.258 e. The normalized spacial score (nSPS) is 11.9. The molecule has 1 amide bonds. The predicted octanol–water partition coefficient (Wildman–Crippen LogP) is 14.1. The third kappa shape index (κ3) is 24.8. The van der Waals surface area contributed by atoms with E-state index < -0.39 is 0 Å². The fourth-order valence-corrected chi connectivity index (χ4v) is 4.26. The highest BCUT2D eigenvalue weighted by atomic mass is 16.2. The van der Waals surface area contributed by atoms with E-state index in [1.54, 1.807) is 18.1 Å². The molecular formula is C44H76N2O. The van der Waals surface area contributed by atoms with E-state index in [2.05, 4.69) is 85.2 Å². The van der Waals surface area contributed by atoms with E-state index >= 15 is 0 Å². The maximum atomic E-state index is 12.6. The molecule has 1 aliphatic rings. The SMILES string of the molecule is C=C(C)/C(=C\N=C(C)C)N(C)C(=O)c1ccccc1C.CC.CC1CCCCC1.CCCC.CCCC.CCc1cc(C)ccc1C. The van der Waals surface area contributed by atoms with Crippen LogP contribution in [0.3, 0.4) is 0 Å². The standard InChI is InChI=1S/C17H22N2O.C10H14.C7H14.2C4H10.C2H6/c1-12(2)16(11-18-13(3)4)19(6)17(20)15-10-8-7-9-14(15)5;1-4-10-7-8(2)5-6-9(10)3;1-7-5-3-2-4-6-7;2*1-3-4-2;1-2/h7-11H,1H2,2-6H3;5-7H,4H2,1-3H3;7H,2-6H2,1H3;2*3-4H2,1-2H3;1-2H3/b16-11+;;;;;. The van der Waals surface area contributed by atoms with Gasteiger partial charge >= 0.3 is 0 Å². The van der Waals surface area contributed by atoms with Gasteiger partial charge in [0.1, 0.15) is 0 Å². The smallest absolute Gasteiger partial charge is 0.258 e. The molecule has 268 valence electrons. The summed E-state index contributed by atoms with van der Waals surface area (Å²) in [6, 6.07) is 14.2. The number of aryl methyl sites for hydroxylation is 4. The van der Waals surface area contributed by atoms with Gasteiger partial charge in [0.15, 0.2) is 0 Å². The van der Waals surface area contributed by atoms with E-state index in [4.69, 9.17) is 0 Å². The van der Waals surface area contributed by atoms with Crippen molar-refractivity contribution < 1.29 is 4.79 Å². The zero-order valence-corrected chi connectivity index (χ0v) is 33.8. The van der Waals surface area contributed by atoms with Crippen molar-refractivity contribution in [2.24, 2.45) is 10.9 Å². The number of allylic oxidation sites excluding steroid dienone is 1. The molecule has 0 aliphatic heterocycles. The van der Waals surface area contributed by atoms with Gasteiger partial charge in [-0.2, -0.15) is 0 Å². The summed E-state index contributed by atoms with van der Waals surface area (Å²) in [5.41, 5.74) is 8.36. The van der Waals surface area contributed by atoms with E-state index in [-0.39, 0.29) is 5.91 Å². The minimum atomic E-state index is -0.0543. The molecule has 3 nitrogen and oxygen atoms in total. The van der Waals surface area contributed by atoms with Crippen molar-refractivity contribution in [3.05, 3.63) is 94.3 Å². The molecule has 2 aromatic carbocycles. The number of unbranched alkanes of at least 4 members (excludes halogenated alkanes) is 2. The van der Waals surface area contributed by atoms with E-state index in [1.165, 1.54) is 74.5 Å². The van der Waals surface area contributed by atoms with Gasteiger partial charge in [0.25, 0.3) is 5.91 Å².